The number of ether oxygens (including phenoxy) is 1. The first-order valence-electron chi connectivity index (χ1n) is 11.7. The molecule has 0 aromatic carbocycles. The Morgan fingerprint density at radius 1 is 1.38 bits per heavy atom. The molecular formula is C24H32F3N7O2S. The van der Waals surface area contributed by atoms with Crippen molar-refractivity contribution in [3.8, 4) is 11.7 Å². The van der Waals surface area contributed by atoms with Crippen LogP contribution in [0.3, 0.4) is 0 Å². The van der Waals surface area contributed by atoms with Crippen molar-refractivity contribution in [3.63, 3.8) is 0 Å². The molecule has 0 aliphatic carbocycles. The maximum absolute atomic E-state index is 13.3. The highest BCUT2D eigenvalue weighted by molar-refractivity contribution is 8.02. The molecule has 13 heteroatoms. The first kappa shape index (κ1) is 28.4. The minimum atomic E-state index is -4.31. The average molecular weight is 540 g/mol. The van der Waals surface area contributed by atoms with E-state index in [2.05, 4.69) is 40.5 Å². The van der Waals surface area contributed by atoms with Crippen LogP contribution < -0.4 is 20.1 Å². The number of pyridine rings is 1. The number of allylic oxidation sites excluding steroid dienone is 1. The van der Waals surface area contributed by atoms with Gasteiger partial charge in [0.05, 0.1) is 23.5 Å². The lowest BCUT2D eigenvalue weighted by Crippen LogP contribution is -2.40. The van der Waals surface area contributed by atoms with Crippen molar-refractivity contribution in [1.82, 2.24) is 19.5 Å². The largest absolute Gasteiger partial charge is 0.476 e. The van der Waals surface area contributed by atoms with Crippen LogP contribution in [0.25, 0.3) is 5.82 Å². The van der Waals surface area contributed by atoms with Gasteiger partial charge in [-0.3, -0.25) is 14.5 Å². The van der Waals surface area contributed by atoms with Gasteiger partial charge in [-0.05, 0) is 57.2 Å². The van der Waals surface area contributed by atoms with E-state index in [0.29, 0.717) is 40.3 Å². The number of aromatic nitrogens is 3. The quantitative estimate of drug-likeness (QED) is 0.357. The number of carbonyl (C=O) groups is 1. The van der Waals surface area contributed by atoms with Gasteiger partial charge in [0.1, 0.15) is 5.82 Å². The van der Waals surface area contributed by atoms with Gasteiger partial charge in [-0.15, -0.1) is 5.10 Å². The second kappa shape index (κ2) is 11.4. The minimum Gasteiger partial charge on any atom is -0.476 e. The van der Waals surface area contributed by atoms with Crippen LogP contribution in [0.1, 0.15) is 50.9 Å². The Labute approximate surface area is 218 Å². The van der Waals surface area contributed by atoms with Gasteiger partial charge in [0.25, 0.3) is 5.91 Å². The van der Waals surface area contributed by atoms with Crippen molar-refractivity contribution in [2.24, 2.45) is 16.6 Å². The summed E-state index contributed by atoms with van der Waals surface area (Å²) in [5, 5.41) is 4.20. The van der Waals surface area contributed by atoms with Gasteiger partial charge in [-0.1, -0.05) is 6.92 Å². The Hall–Kier alpha value is -3.22. The van der Waals surface area contributed by atoms with Crippen LogP contribution in [0.5, 0.6) is 5.88 Å². The second-order valence-corrected chi connectivity index (χ2v) is 10.3. The fourth-order valence-corrected chi connectivity index (χ4v) is 4.81. The molecule has 3 rings (SSSR count). The number of carbonyl (C=O) groups excluding carboxylic acids is 1. The molecule has 0 spiro atoms. The number of halogens is 3. The van der Waals surface area contributed by atoms with Crippen LogP contribution in [-0.2, 0) is 0 Å². The summed E-state index contributed by atoms with van der Waals surface area (Å²) in [6, 6.07) is 4.75. The zero-order valence-electron chi connectivity index (χ0n) is 21.5. The van der Waals surface area contributed by atoms with E-state index in [0.717, 1.165) is 18.4 Å². The third-order valence-electron chi connectivity index (χ3n) is 5.97. The molecule has 2 aromatic heterocycles. The van der Waals surface area contributed by atoms with Crippen LogP contribution in [0.2, 0.25) is 0 Å². The van der Waals surface area contributed by atoms with E-state index in [1.165, 1.54) is 16.9 Å². The molecule has 1 atom stereocenters. The summed E-state index contributed by atoms with van der Waals surface area (Å²) >= 11 is 1.07. The van der Waals surface area contributed by atoms with Crippen LogP contribution >= 0.6 is 11.9 Å². The molecule has 2 aromatic rings. The normalized spacial score (nSPS) is 18.3. The first-order valence-corrected chi connectivity index (χ1v) is 12.5. The van der Waals surface area contributed by atoms with Crippen LogP contribution in [0.15, 0.2) is 40.5 Å². The van der Waals surface area contributed by atoms with Gasteiger partial charge in [0, 0.05) is 43.3 Å². The van der Waals surface area contributed by atoms with Crippen molar-refractivity contribution >= 4 is 29.4 Å². The summed E-state index contributed by atoms with van der Waals surface area (Å²) in [7, 11) is 1.64. The van der Waals surface area contributed by atoms with Gasteiger partial charge in [0.15, 0.2) is 5.82 Å². The molecule has 0 radical (unpaired) electrons. The van der Waals surface area contributed by atoms with Crippen LogP contribution in [-0.4, -0.2) is 58.3 Å². The third-order valence-corrected chi connectivity index (χ3v) is 6.90. The van der Waals surface area contributed by atoms with Crippen LogP contribution in [0.4, 0.5) is 19.0 Å². The zero-order valence-corrected chi connectivity index (χ0v) is 22.3. The molecule has 3 heterocycles. The van der Waals surface area contributed by atoms with Crippen molar-refractivity contribution in [1.29, 1.82) is 0 Å². The Morgan fingerprint density at radius 2 is 2.11 bits per heavy atom. The summed E-state index contributed by atoms with van der Waals surface area (Å²) in [5.74, 6) is 0.972. The van der Waals surface area contributed by atoms with E-state index >= 15 is 0 Å². The zero-order chi connectivity index (χ0) is 27.4. The Balaban J connectivity index is 1.90. The molecule has 202 valence electrons. The molecule has 0 saturated carbocycles. The molecule has 1 aliphatic heterocycles. The highest BCUT2D eigenvalue weighted by atomic mass is 32.2. The fourth-order valence-electron chi connectivity index (χ4n) is 4.19. The monoisotopic (exact) mass is 539 g/mol. The molecule has 1 saturated heterocycles. The van der Waals surface area contributed by atoms with Crippen molar-refractivity contribution < 1.29 is 22.7 Å². The lowest BCUT2D eigenvalue weighted by Gasteiger charge is -2.34. The van der Waals surface area contributed by atoms with Crippen molar-refractivity contribution in [2.75, 3.05) is 25.1 Å². The number of amides is 1. The van der Waals surface area contributed by atoms with E-state index in [1.807, 2.05) is 0 Å². The highest BCUT2D eigenvalue weighted by Crippen LogP contribution is 2.38. The van der Waals surface area contributed by atoms with Crippen LogP contribution in [0, 0.1) is 5.92 Å². The molecule has 0 unspecified atom stereocenters. The number of hydrogen-bond donors (Lipinski definition) is 2. The number of rotatable bonds is 9. The molecule has 1 aliphatic rings. The SMILES string of the molecule is CN=C(C)C(=CN)SNC(=O)c1ccc(-n2ccc(OCCC(F)(F)F)n2)nc1N1C[C@@H](C)CC1(C)C. The van der Waals surface area contributed by atoms with Gasteiger partial charge in [-0.2, -0.15) is 13.2 Å². The minimum absolute atomic E-state index is 0.0509. The number of anilines is 1. The maximum Gasteiger partial charge on any atom is 0.392 e. The summed E-state index contributed by atoms with van der Waals surface area (Å²) < 4.78 is 46.6. The summed E-state index contributed by atoms with van der Waals surface area (Å²) in [6.45, 7) is 8.30. The average Bonchev–Trinajstić information content (AvgIpc) is 3.40. The second-order valence-electron chi connectivity index (χ2n) is 9.46. The van der Waals surface area contributed by atoms with E-state index in [4.69, 9.17) is 15.5 Å². The predicted octanol–water partition coefficient (Wildman–Crippen LogP) is 4.49. The van der Waals surface area contributed by atoms with Crippen molar-refractivity contribution in [3.05, 3.63) is 41.1 Å². The molecule has 1 fully saturated rings. The van der Waals surface area contributed by atoms with E-state index < -0.39 is 19.2 Å². The smallest absolute Gasteiger partial charge is 0.392 e. The number of nitrogens with zero attached hydrogens (tertiary/aromatic N) is 5. The number of hydrogen-bond acceptors (Lipinski definition) is 8. The van der Waals surface area contributed by atoms with Gasteiger partial charge in [0.2, 0.25) is 5.88 Å². The maximum atomic E-state index is 13.3. The summed E-state index contributed by atoms with van der Waals surface area (Å²) in [6.07, 6.45) is -1.53. The molecule has 3 N–H and O–H groups in total. The Morgan fingerprint density at radius 3 is 2.70 bits per heavy atom. The standard InChI is InChI=1S/C24H32F3N7O2S/c1-15-12-23(3,4)33(14-15)21-17(22(35)32-37-18(13-28)16(2)29-5)6-7-19(30-21)34-10-8-20(31-34)36-11-9-24(25,26)27/h6-8,10,13,15H,9,11-12,14,28H2,1-5H3,(H,32,35)/t15-/m0/s1. The summed E-state index contributed by atoms with van der Waals surface area (Å²) in [4.78, 5) is 24.8. The number of nitrogens with two attached hydrogens (primary N) is 1. The number of nitrogens with one attached hydrogen (secondary N) is 1. The lowest BCUT2D eigenvalue weighted by molar-refractivity contribution is -0.139. The van der Waals surface area contributed by atoms with E-state index in [-0.39, 0.29) is 17.3 Å². The van der Waals surface area contributed by atoms with E-state index in [1.54, 1.807) is 32.3 Å². The molecule has 0 bridgehead atoms. The molecular weight excluding hydrogens is 507 g/mol. The third kappa shape index (κ3) is 7.18. The van der Waals surface area contributed by atoms with Gasteiger partial charge >= 0.3 is 6.18 Å². The predicted molar refractivity (Wildman–Crippen MR) is 139 cm³/mol. The Kier molecular flexibility index (Phi) is 8.77. The van der Waals surface area contributed by atoms with Gasteiger partial charge in [-0.25, -0.2) is 9.67 Å². The molecule has 9 nitrogen and oxygen atoms in total. The Bertz CT molecular complexity index is 1180. The first-order chi connectivity index (χ1) is 17.3. The number of alkyl halides is 3. The molecule has 37 heavy (non-hydrogen) atoms. The fraction of sp³-hybridized carbons (Fsp3) is 0.500. The van der Waals surface area contributed by atoms with Gasteiger partial charge < -0.3 is 15.4 Å². The van der Waals surface area contributed by atoms with E-state index in [9.17, 15) is 18.0 Å². The topological polar surface area (TPSA) is 111 Å². The highest BCUT2D eigenvalue weighted by Gasteiger charge is 2.39. The molecule has 1 amide bonds. The lowest BCUT2D eigenvalue weighted by atomic mass is 9.97. The summed E-state index contributed by atoms with van der Waals surface area (Å²) in [5.41, 5.74) is 6.48. The number of aliphatic imine (C=N–C) groups is 1. The van der Waals surface area contributed by atoms with Crippen molar-refractivity contribution in [2.45, 2.75) is 52.3 Å².